The Labute approximate surface area is 178 Å². The minimum absolute atomic E-state index is 0. The number of nitrogens with zero attached hydrogens (tertiary/aromatic N) is 2. The third-order valence-corrected chi connectivity index (χ3v) is 6.37. The van der Waals surface area contributed by atoms with Crippen molar-refractivity contribution in [3.8, 4) is 0 Å². The average molecular weight is 490 g/mol. The van der Waals surface area contributed by atoms with Gasteiger partial charge in [0.2, 0.25) is 5.91 Å². The molecule has 146 valence electrons. The maximum Gasteiger partial charge on any atom is 0.242 e. The van der Waals surface area contributed by atoms with E-state index in [1.165, 1.54) is 49.0 Å². The highest BCUT2D eigenvalue weighted by molar-refractivity contribution is 14.0. The molecule has 0 saturated heterocycles. The van der Waals surface area contributed by atoms with Crippen molar-refractivity contribution in [2.45, 2.75) is 51.5 Å². The van der Waals surface area contributed by atoms with Crippen LogP contribution in [0.25, 0.3) is 0 Å². The number of hydrogen-bond acceptors (Lipinski definition) is 3. The van der Waals surface area contributed by atoms with Gasteiger partial charge >= 0.3 is 0 Å². The zero-order chi connectivity index (χ0) is 17.5. The molecule has 5 nitrogen and oxygen atoms in total. The lowest BCUT2D eigenvalue weighted by Gasteiger charge is -2.27. The zero-order valence-electron chi connectivity index (χ0n) is 15.6. The Bertz CT molecular complexity index is 598. The van der Waals surface area contributed by atoms with Crippen LogP contribution in [0.2, 0.25) is 0 Å². The maximum absolute atomic E-state index is 12.4. The normalized spacial score (nSPS) is 17.6. The first-order valence-electron chi connectivity index (χ1n) is 9.54. The van der Waals surface area contributed by atoms with Crippen LogP contribution in [0.4, 0.5) is 0 Å². The summed E-state index contributed by atoms with van der Waals surface area (Å²) in [5.41, 5.74) is 1.30. The Balaban J connectivity index is 0.00000243. The molecule has 2 aliphatic rings. The molecule has 1 aliphatic carbocycles. The van der Waals surface area contributed by atoms with E-state index < -0.39 is 0 Å². The number of nitrogens with one attached hydrogen (secondary N) is 2. The summed E-state index contributed by atoms with van der Waals surface area (Å²) >= 11 is 1.80. The van der Waals surface area contributed by atoms with Gasteiger partial charge in [-0.25, -0.2) is 0 Å². The summed E-state index contributed by atoms with van der Waals surface area (Å²) in [5.74, 6) is 1.80. The highest BCUT2D eigenvalue weighted by Gasteiger charge is 2.21. The highest BCUT2D eigenvalue weighted by atomic mass is 127. The molecule has 1 saturated carbocycles. The number of halogens is 1. The lowest BCUT2D eigenvalue weighted by Crippen LogP contribution is -2.45. The summed E-state index contributed by atoms with van der Waals surface area (Å²) in [7, 11) is 1.76. The number of fused-ring (bicyclic) bond motifs is 1. The van der Waals surface area contributed by atoms with Gasteiger partial charge in [0.25, 0.3) is 0 Å². The van der Waals surface area contributed by atoms with Crippen molar-refractivity contribution < 1.29 is 4.79 Å². The Morgan fingerprint density at radius 1 is 1.35 bits per heavy atom. The van der Waals surface area contributed by atoms with Crippen LogP contribution in [-0.2, 0) is 17.8 Å². The second-order valence-electron chi connectivity index (χ2n) is 7.08. The molecular formula is C19H31IN4OS. The first-order valence-corrected chi connectivity index (χ1v) is 10.4. The molecule has 1 aliphatic heterocycles. The average Bonchev–Trinajstić information content (AvgIpc) is 3.31. The predicted octanol–water partition coefficient (Wildman–Crippen LogP) is 3.39. The molecule has 26 heavy (non-hydrogen) atoms. The van der Waals surface area contributed by atoms with Crippen LogP contribution in [0.5, 0.6) is 0 Å². The van der Waals surface area contributed by atoms with Crippen molar-refractivity contribution in [1.29, 1.82) is 0 Å². The van der Waals surface area contributed by atoms with Gasteiger partial charge in [-0.05, 0) is 42.2 Å². The number of aliphatic imine (C=N–C) groups is 1. The lowest BCUT2D eigenvalue weighted by atomic mass is 10.0. The molecule has 1 aromatic heterocycles. The van der Waals surface area contributed by atoms with Crippen molar-refractivity contribution >= 4 is 47.2 Å². The van der Waals surface area contributed by atoms with E-state index in [4.69, 9.17) is 0 Å². The number of carbonyl (C=O) groups is 1. The SMILES string of the molecule is CN=C(NCCCC1CCCC1)NCC(=O)N1CCc2sccc2C1.I. The number of thiophene rings is 1. The summed E-state index contributed by atoms with van der Waals surface area (Å²) in [6.07, 6.45) is 9.09. The van der Waals surface area contributed by atoms with Crippen molar-refractivity contribution in [2.75, 3.05) is 26.7 Å². The van der Waals surface area contributed by atoms with E-state index in [1.54, 1.807) is 18.4 Å². The van der Waals surface area contributed by atoms with Crippen LogP contribution in [0.3, 0.4) is 0 Å². The Morgan fingerprint density at radius 2 is 2.15 bits per heavy atom. The molecule has 7 heteroatoms. The smallest absolute Gasteiger partial charge is 0.242 e. The lowest BCUT2D eigenvalue weighted by molar-refractivity contribution is -0.130. The molecular weight excluding hydrogens is 459 g/mol. The Hall–Kier alpha value is -0.830. The Morgan fingerprint density at radius 3 is 2.92 bits per heavy atom. The second kappa shape index (κ2) is 11.1. The monoisotopic (exact) mass is 490 g/mol. The number of guanidine groups is 1. The molecule has 0 unspecified atom stereocenters. The highest BCUT2D eigenvalue weighted by Crippen LogP contribution is 2.28. The van der Waals surface area contributed by atoms with E-state index in [9.17, 15) is 4.79 Å². The molecule has 1 amide bonds. The molecule has 0 spiro atoms. The van der Waals surface area contributed by atoms with Gasteiger partial charge in [-0.1, -0.05) is 25.7 Å². The third-order valence-electron chi connectivity index (χ3n) is 5.35. The van der Waals surface area contributed by atoms with Gasteiger partial charge in [0.15, 0.2) is 5.96 Å². The first-order chi connectivity index (χ1) is 12.3. The van der Waals surface area contributed by atoms with Crippen LogP contribution >= 0.6 is 35.3 Å². The van der Waals surface area contributed by atoms with Crippen molar-refractivity contribution in [3.05, 3.63) is 21.9 Å². The van der Waals surface area contributed by atoms with Gasteiger partial charge in [-0.15, -0.1) is 35.3 Å². The summed E-state index contributed by atoms with van der Waals surface area (Å²) < 4.78 is 0. The number of rotatable bonds is 6. The van der Waals surface area contributed by atoms with Gasteiger partial charge in [0, 0.05) is 31.6 Å². The van der Waals surface area contributed by atoms with Crippen molar-refractivity contribution in [3.63, 3.8) is 0 Å². The third kappa shape index (κ3) is 6.11. The van der Waals surface area contributed by atoms with Gasteiger partial charge in [-0.2, -0.15) is 0 Å². The standard InChI is InChI=1S/C19H30N4OS.HI/c1-20-19(21-10-4-7-15-5-2-3-6-15)22-13-18(24)23-11-8-17-16(14-23)9-12-25-17;/h9,12,15H,2-8,10-11,13-14H2,1H3,(H2,20,21,22);1H. The van der Waals surface area contributed by atoms with Crippen LogP contribution in [0, 0.1) is 5.92 Å². The van der Waals surface area contributed by atoms with E-state index in [-0.39, 0.29) is 29.9 Å². The van der Waals surface area contributed by atoms with E-state index in [0.29, 0.717) is 6.54 Å². The van der Waals surface area contributed by atoms with E-state index in [2.05, 4.69) is 27.1 Å². The number of carbonyl (C=O) groups excluding carboxylic acids is 1. The van der Waals surface area contributed by atoms with Gasteiger partial charge < -0.3 is 15.5 Å². The number of hydrogen-bond donors (Lipinski definition) is 2. The van der Waals surface area contributed by atoms with Crippen LogP contribution in [0.15, 0.2) is 16.4 Å². The summed E-state index contributed by atoms with van der Waals surface area (Å²) in [6, 6.07) is 2.14. The van der Waals surface area contributed by atoms with Crippen LogP contribution in [-0.4, -0.2) is 43.4 Å². The molecule has 0 atom stereocenters. The minimum atomic E-state index is 0. The first kappa shape index (κ1) is 21.5. The fourth-order valence-corrected chi connectivity index (χ4v) is 4.74. The van der Waals surface area contributed by atoms with E-state index in [0.717, 1.165) is 37.9 Å². The van der Waals surface area contributed by atoms with Crippen molar-refractivity contribution in [2.24, 2.45) is 10.9 Å². The molecule has 0 radical (unpaired) electrons. The largest absolute Gasteiger partial charge is 0.356 e. The van der Waals surface area contributed by atoms with Gasteiger partial charge in [-0.3, -0.25) is 9.79 Å². The van der Waals surface area contributed by atoms with E-state index >= 15 is 0 Å². The summed E-state index contributed by atoms with van der Waals surface area (Å²) in [5, 5.41) is 8.62. The fraction of sp³-hybridized carbons (Fsp3) is 0.684. The van der Waals surface area contributed by atoms with Crippen molar-refractivity contribution in [1.82, 2.24) is 15.5 Å². The molecule has 0 aromatic carbocycles. The molecule has 0 bridgehead atoms. The van der Waals surface area contributed by atoms with E-state index in [1.807, 2.05) is 4.90 Å². The molecule has 2 heterocycles. The molecule has 1 aromatic rings. The second-order valence-corrected chi connectivity index (χ2v) is 8.08. The quantitative estimate of drug-likeness (QED) is 0.278. The minimum Gasteiger partial charge on any atom is -0.356 e. The molecule has 2 N–H and O–H groups in total. The zero-order valence-corrected chi connectivity index (χ0v) is 18.8. The number of amides is 1. The van der Waals surface area contributed by atoms with Crippen LogP contribution in [0.1, 0.15) is 49.0 Å². The molecule has 3 rings (SSSR count). The summed E-state index contributed by atoms with van der Waals surface area (Å²) in [4.78, 5) is 20.0. The topological polar surface area (TPSA) is 56.7 Å². The predicted molar refractivity (Wildman–Crippen MR) is 119 cm³/mol. The molecule has 1 fully saturated rings. The van der Waals surface area contributed by atoms with Gasteiger partial charge in [0.1, 0.15) is 0 Å². The van der Waals surface area contributed by atoms with Gasteiger partial charge in [0.05, 0.1) is 6.54 Å². The fourth-order valence-electron chi connectivity index (χ4n) is 3.85. The van der Waals surface area contributed by atoms with Crippen LogP contribution < -0.4 is 10.6 Å². The maximum atomic E-state index is 12.4. The Kier molecular flexibility index (Phi) is 9.18. The summed E-state index contributed by atoms with van der Waals surface area (Å²) in [6.45, 7) is 2.79.